The third kappa shape index (κ3) is 4.63. The summed E-state index contributed by atoms with van der Waals surface area (Å²) in [7, 11) is 0. The molecular weight excluding hydrogens is 198 g/mol. The molecule has 3 heteroatoms. The van der Waals surface area contributed by atoms with Crippen LogP contribution >= 0.6 is 11.6 Å². The predicted octanol–water partition coefficient (Wildman–Crippen LogP) is 2.22. The smallest absolute Gasteiger partial charge is 0.0602 e. The quantitative estimate of drug-likeness (QED) is 0.520. The minimum absolute atomic E-state index is 0.604. The van der Waals surface area contributed by atoms with Crippen molar-refractivity contribution in [3.8, 4) is 0 Å². The summed E-state index contributed by atoms with van der Waals surface area (Å²) < 4.78 is 5.38. The second-order valence-electron chi connectivity index (χ2n) is 4.51. The molecule has 2 atom stereocenters. The number of halogens is 1. The van der Waals surface area contributed by atoms with Crippen LogP contribution in [0.4, 0.5) is 0 Å². The van der Waals surface area contributed by atoms with E-state index in [1.807, 2.05) is 0 Å². The highest BCUT2D eigenvalue weighted by molar-refractivity contribution is 6.17. The van der Waals surface area contributed by atoms with E-state index >= 15 is 0 Å². The molecule has 1 fully saturated rings. The van der Waals surface area contributed by atoms with Gasteiger partial charge in [-0.3, -0.25) is 0 Å². The van der Waals surface area contributed by atoms with Gasteiger partial charge in [-0.05, 0) is 18.3 Å². The number of piperidine rings is 1. The number of likely N-dealkylation sites (tertiary alicyclic amines) is 1. The van der Waals surface area contributed by atoms with Gasteiger partial charge in [0.15, 0.2) is 0 Å². The molecule has 0 spiro atoms. The monoisotopic (exact) mass is 219 g/mol. The van der Waals surface area contributed by atoms with E-state index in [0.717, 1.165) is 25.0 Å². The van der Waals surface area contributed by atoms with Crippen molar-refractivity contribution in [3.63, 3.8) is 0 Å². The summed E-state index contributed by atoms with van der Waals surface area (Å²) in [4.78, 5) is 2.51. The van der Waals surface area contributed by atoms with E-state index in [2.05, 4.69) is 18.7 Å². The molecule has 1 saturated heterocycles. The Morgan fingerprint density at radius 1 is 1.21 bits per heavy atom. The highest BCUT2D eigenvalue weighted by atomic mass is 35.5. The Bertz CT molecular complexity index is 144. The van der Waals surface area contributed by atoms with Crippen LogP contribution in [-0.2, 0) is 4.74 Å². The third-order valence-electron chi connectivity index (χ3n) is 2.72. The van der Waals surface area contributed by atoms with Crippen molar-refractivity contribution in [3.05, 3.63) is 0 Å². The Labute approximate surface area is 92.6 Å². The first kappa shape index (κ1) is 12.3. The van der Waals surface area contributed by atoms with Crippen LogP contribution in [0.2, 0.25) is 0 Å². The maximum absolute atomic E-state index is 5.53. The molecule has 0 aromatic carbocycles. The molecule has 0 radical (unpaired) electrons. The van der Waals surface area contributed by atoms with Gasteiger partial charge < -0.3 is 9.64 Å². The van der Waals surface area contributed by atoms with Gasteiger partial charge in [-0.2, -0.15) is 0 Å². The molecule has 0 aromatic rings. The van der Waals surface area contributed by atoms with Crippen molar-refractivity contribution < 1.29 is 4.74 Å². The molecule has 2 nitrogen and oxygen atoms in total. The van der Waals surface area contributed by atoms with Gasteiger partial charge in [-0.1, -0.05) is 13.8 Å². The molecule has 0 saturated carbocycles. The minimum Gasteiger partial charge on any atom is -0.379 e. The third-order valence-corrected chi connectivity index (χ3v) is 2.87. The molecule has 1 heterocycles. The lowest BCUT2D eigenvalue weighted by molar-refractivity contribution is 0.0800. The molecule has 0 N–H and O–H groups in total. The van der Waals surface area contributed by atoms with Crippen molar-refractivity contribution in [2.24, 2.45) is 11.8 Å². The highest BCUT2D eigenvalue weighted by Crippen LogP contribution is 2.20. The maximum atomic E-state index is 5.53. The largest absolute Gasteiger partial charge is 0.379 e. The Morgan fingerprint density at radius 3 is 2.43 bits per heavy atom. The minimum atomic E-state index is 0.604. The van der Waals surface area contributed by atoms with Crippen molar-refractivity contribution in [1.82, 2.24) is 4.90 Å². The second kappa shape index (κ2) is 6.65. The van der Waals surface area contributed by atoms with Crippen LogP contribution in [0, 0.1) is 11.8 Å². The maximum Gasteiger partial charge on any atom is 0.0602 e. The lowest BCUT2D eigenvalue weighted by Crippen LogP contribution is -2.40. The summed E-state index contributed by atoms with van der Waals surface area (Å²) in [6, 6.07) is 0. The van der Waals surface area contributed by atoms with Crippen LogP contribution in [0.5, 0.6) is 0 Å². The Morgan fingerprint density at radius 2 is 1.86 bits per heavy atom. The first-order valence-corrected chi connectivity index (χ1v) is 6.12. The fourth-order valence-corrected chi connectivity index (χ4v) is 2.43. The number of hydrogen-bond donors (Lipinski definition) is 0. The van der Waals surface area contributed by atoms with Crippen LogP contribution < -0.4 is 0 Å². The number of hydrogen-bond acceptors (Lipinski definition) is 2. The molecule has 0 amide bonds. The van der Waals surface area contributed by atoms with Crippen LogP contribution in [0.1, 0.15) is 20.3 Å². The highest BCUT2D eigenvalue weighted by Gasteiger charge is 2.20. The zero-order valence-electron chi connectivity index (χ0n) is 9.34. The summed E-state index contributed by atoms with van der Waals surface area (Å²) in [6.45, 7) is 9.70. The summed E-state index contributed by atoms with van der Waals surface area (Å²) in [6.07, 6.45) is 1.37. The van der Waals surface area contributed by atoms with Crippen molar-refractivity contribution in [1.29, 1.82) is 0 Å². The number of rotatable bonds is 5. The van der Waals surface area contributed by atoms with Crippen molar-refractivity contribution in [2.45, 2.75) is 20.3 Å². The molecule has 1 aliphatic heterocycles. The zero-order valence-corrected chi connectivity index (χ0v) is 10.1. The Hall–Kier alpha value is 0.210. The van der Waals surface area contributed by atoms with E-state index in [-0.39, 0.29) is 0 Å². The first-order valence-electron chi connectivity index (χ1n) is 5.58. The van der Waals surface area contributed by atoms with Gasteiger partial charge in [0.2, 0.25) is 0 Å². The van der Waals surface area contributed by atoms with Crippen LogP contribution in [-0.4, -0.2) is 43.6 Å². The zero-order chi connectivity index (χ0) is 10.4. The average molecular weight is 220 g/mol. The van der Waals surface area contributed by atoms with E-state index < -0.39 is 0 Å². The van der Waals surface area contributed by atoms with Gasteiger partial charge in [-0.25, -0.2) is 0 Å². The van der Waals surface area contributed by atoms with Crippen LogP contribution in [0.3, 0.4) is 0 Å². The summed E-state index contributed by atoms with van der Waals surface area (Å²) in [5, 5.41) is 0. The van der Waals surface area contributed by atoms with E-state index in [0.29, 0.717) is 12.5 Å². The van der Waals surface area contributed by atoms with Gasteiger partial charge in [0, 0.05) is 25.5 Å². The molecule has 1 rings (SSSR count). The fourth-order valence-electron chi connectivity index (χ4n) is 2.32. The van der Waals surface area contributed by atoms with Crippen molar-refractivity contribution in [2.75, 3.05) is 38.7 Å². The van der Waals surface area contributed by atoms with Gasteiger partial charge in [0.25, 0.3) is 0 Å². The second-order valence-corrected chi connectivity index (χ2v) is 4.88. The van der Waals surface area contributed by atoms with E-state index in [4.69, 9.17) is 16.3 Å². The Balaban J connectivity index is 2.10. The van der Waals surface area contributed by atoms with Crippen molar-refractivity contribution >= 4 is 11.6 Å². The summed E-state index contributed by atoms with van der Waals surface area (Å²) in [5.74, 6) is 2.28. The fraction of sp³-hybridized carbons (Fsp3) is 1.00. The van der Waals surface area contributed by atoms with Gasteiger partial charge >= 0.3 is 0 Å². The van der Waals surface area contributed by atoms with E-state index in [9.17, 15) is 0 Å². The van der Waals surface area contributed by atoms with Gasteiger partial charge in [0.1, 0.15) is 0 Å². The first-order chi connectivity index (χ1) is 6.72. The standard InChI is InChI=1S/C11H22ClNO/c1-10-7-11(2)9-13(8-10)4-6-14-5-3-12/h10-11H,3-9H2,1-2H3. The molecule has 0 bridgehead atoms. The van der Waals surface area contributed by atoms with Crippen LogP contribution in [0.25, 0.3) is 0 Å². The SMILES string of the molecule is CC1CC(C)CN(CCOCCCl)C1. The molecular formula is C11H22ClNO. The number of nitrogens with zero attached hydrogens (tertiary/aromatic N) is 1. The summed E-state index contributed by atoms with van der Waals surface area (Å²) in [5.41, 5.74) is 0. The van der Waals surface area contributed by atoms with E-state index in [1.54, 1.807) is 0 Å². The normalized spacial score (nSPS) is 29.4. The number of alkyl halides is 1. The molecule has 0 aromatic heterocycles. The molecule has 1 aliphatic rings. The lowest BCUT2D eigenvalue weighted by Gasteiger charge is -2.34. The molecule has 14 heavy (non-hydrogen) atoms. The topological polar surface area (TPSA) is 12.5 Å². The molecule has 0 aliphatic carbocycles. The predicted molar refractivity (Wildman–Crippen MR) is 60.9 cm³/mol. The van der Waals surface area contributed by atoms with E-state index in [1.165, 1.54) is 19.5 Å². The summed E-state index contributed by atoms with van der Waals surface area (Å²) >= 11 is 5.53. The number of ether oxygens (including phenoxy) is 1. The van der Waals surface area contributed by atoms with Crippen LogP contribution in [0.15, 0.2) is 0 Å². The van der Waals surface area contributed by atoms with Gasteiger partial charge in [-0.15, -0.1) is 11.6 Å². The Kier molecular flexibility index (Phi) is 5.83. The molecule has 84 valence electrons. The lowest BCUT2D eigenvalue weighted by atomic mass is 9.92. The molecule has 2 unspecified atom stereocenters. The average Bonchev–Trinajstić information content (AvgIpc) is 2.11. The van der Waals surface area contributed by atoms with Gasteiger partial charge in [0.05, 0.1) is 13.2 Å².